The van der Waals surface area contributed by atoms with Crippen LogP contribution in [0.4, 0.5) is 0 Å². The maximum absolute atomic E-state index is 5.77. The van der Waals surface area contributed by atoms with Gasteiger partial charge in [-0.25, -0.2) is 0 Å². The van der Waals surface area contributed by atoms with Crippen molar-refractivity contribution < 1.29 is 4.74 Å². The van der Waals surface area contributed by atoms with E-state index in [1.165, 1.54) is 0 Å². The summed E-state index contributed by atoms with van der Waals surface area (Å²) < 4.78 is 5.32. The zero-order chi connectivity index (χ0) is 9.52. The standard InChI is InChI=1S/C10H12ClNO/c1-2-3-6-13-8-10-7-9(11)4-5-12-10/h2,4-5,7H,1,3,6,8H2. The molecule has 1 aromatic rings. The molecule has 0 aromatic carbocycles. The third-order valence-corrected chi connectivity index (χ3v) is 1.73. The first-order chi connectivity index (χ1) is 6.33. The van der Waals surface area contributed by atoms with Gasteiger partial charge in [-0.05, 0) is 18.6 Å². The van der Waals surface area contributed by atoms with Crippen molar-refractivity contribution in [1.29, 1.82) is 0 Å². The molecular formula is C10H12ClNO. The largest absolute Gasteiger partial charge is 0.375 e. The molecule has 0 aliphatic heterocycles. The van der Waals surface area contributed by atoms with E-state index in [1.807, 2.05) is 6.08 Å². The number of pyridine rings is 1. The Morgan fingerprint density at radius 3 is 3.15 bits per heavy atom. The lowest BCUT2D eigenvalue weighted by Gasteiger charge is -2.01. The molecule has 0 saturated carbocycles. The molecule has 0 amide bonds. The SMILES string of the molecule is C=CCCOCc1cc(Cl)ccn1. The van der Waals surface area contributed by atoms with Gasteiger partial charge in [-0.3, -0.25) is 4.98 Å². The number of hydrogen-bond donors (Lipinski definition) is 0. The second kappa shape index (κ2) is 5.73. The van der Waals surface area contributed by atoms with Crippen LogP contribution in [0.1, 0.15) is 12.1 Å². The minimum absolute atomic E-state index is 0.508. The second-order valence-corrected chi connectivity index (χ2v) is 3.03. The number of rotatable bonds is 5. The van der Waals surface area contributed by atoms with E-state index in [2.05, 4.69) is 11.6 Å². The predicted molar refractivity (Wildman–Crippen MR) is 53.7 cm³/mol. The van der Waals surface area contributed by atoms with Gasteiger partial charge in [-0.15, -0.1) is 6.58 Å². The molecule has 70 valence electrons. The van der Waals surface area contributed by atoms with Crippen LogP contribution in [-0.4, -0.2) is 11.6 Å². The highest BCUT2D eigenvalue weighted by atomic mass is 35.5. The Bertz CT molecular complexity index is 275. The average Bonchev–Trinajstić information content (AvgIpc) is 2.13. The molecule has 0 radical (unpaired) electrons. The number of ether oxygens (including phenoxy) is 1. The van der Waals surface area contributed by atoms with Gasteiger partial charge in [0, 0.05) is 11.2 Å². The fourth-order valence-corrected chi connectivity index (χ4v) is 1.05. The van der Waals surface area contributed by atoms with Crippen molar-refractivity contribution in [3.63, 3.8) is 0 Å². The Hall–Kier alpha value is -0.860. The number of hydrogen-bond acceptors (Lipinski definition) is 2. The fraction of sp³-hybridized carbons (Fsp3) is 0.300. The first kappa shape index (κ1) is 10.2. The zero-order valence-electron chi connectivity index (χ0n) is 7.37. The Kier molecular flexibility index (Phi) is 4.50. The minimum Gasteiger partial charge on any atom is -0.375 e. The summed E-state index contributed by atoms with van der Waals surface area (Å²) in [6.07, 6.45) is 4.36. The summed E-state index contributed by atoms with van der Waals surface area (Å²) in [5, 5.41) is 0.692. The van der Waals surface area contributed by atoms with Gasteiger partial charge in [0.15, 0.2) is 0 Å². The van der Waals surface area contributed by atoms with Crippen molar-refractivity contribution in [3.8, 4) is 0 Å². The van der Waals surface area contributed by atoms with Crippen molar-refractivity contribution in [3.05, 3.63) is 41.7 Å². The molecule has 0 saturated heterocycles. The molecule has 2 nitrogen and oxygen atoms in total. The van der Waals surface area contributed by atoms with Gasteiger partial charge in [0.1, 0.15) is 0 Å². The lowest BCUT2D eigenvalue weighted by Crippen LogP contribution is -1.96. The van der Waals surface area contributed by atoms with E-state index < -0.39 is 0 Å². The summed E-state index contributed by atoms with van der Waals surface area (Å²) in [7, 11) is 0. The Morgan fingerprint density at radius 2 is 2.46 bits per heavy atom. The van der Waals surface area contributed by atoms with Crippen LogP contribution in [0.5, 0.6) is 0 Å². The van der Waals surface area contributed by atoms with Gasteiger partial charge >= 0.3 is 0 Å². The summed E-state index contributed by atoms with van der Waals surface area (Å²) in [6.45, 7) is 4.79. The maximum Gasteiger partial charge on any atom is 0.0888 e. The van der Waals surface area contributed by atoms with E-state index in [1.54, 1.807) is 18.3 Å². The van der Waals surface area contributed by atoms with Crippen LogP contribution in [0.3, 0.4) is 0 Å². The van der Waals surface area contributed by atoms with E-state index in [4.69, 9.17) is 16.3 Å². The molecule has 1 heterocycles. The van der Waals surface area contributed by atoms with Crippen molar-refractivity contribution in [2.45, 2.75) is 13.0 Å². The lowest BCUT2D eigenvalue weighted by atomic mass is 10.4. The molecule has 0 aliphatic carbocycles. The highest BCUT2D eigenvalue weighted by Gasteiger charge is 1.94. The van der Waals surface area contributed by atoms with E-state index in [9.17, 15) is 0 Å². The van der Waals surface area contributed by atoms with Crippen molar-refractivity contribution in [1.82, 2.24) is 4.98 Å². The maximum atomic E-state index is 5.77. The topological polar surface area (TPSA) is 22.1 Å². The molecule has 3 heteroatoms. The smallest absolute Gasteiger partial charge is 0.0888 e. The highest BCUT2D eigenvalue weighted by Crippen LogP contribution is 2.08. The zero-order valence-corrected chi connectivity index (χ0v) is 8.13. The summed E-state index contributed by atoms with van der Waals surface area (Å²) >= 11 is 5.77. The Labute approximate surface area is 83.2 Å². The lowest BCUT2D eigenvalue weighted by molar-refractivity contribution is 0.123. The molecule has 1 rings (SSSR count). The number of aromatic nitrogens is 1. The van der Waals surface area contributed by atoms with Crippen LogP contribution in [-0.2, 0) is 11.3 Å². The van der Waals surface area contributed by atoms with Crippen LogP contribution in [0.2, 0.25) is 5.02 Å². The summed E-state index contributed by atoms with van der Waals surface area (Å²) in [5.74, 6) is 0. The van der Waals surface area contributed by atoms with Crippen molar-refractivity contribution >= 4 is 11.6 Å². The van der Waals surface area contributed by atoms with E-state index in [0.29, 0.717) is 18.2 Å². The molecule has 0 aliphatic rings. The molecule has 1 aromatic heterocycles. The Balaban J connectivity index is 2.32. The first-order valence-electron chi connectivity index (χ1n) is 4.12. The fourth-order valence-electron chi connectivity index (χ4n) is 0.871. The van der Waals surface area contributed by atoms with Gasteiger partial charge in [0.2, 0.25) is 0 Å². The van der Waals surface area contributed by atoms with Crippen LogP contribution < -0.4 is 0 Å². The van der Waals surface area contributed by atoms with Crippen LogP contribution >= 0.6 is 11.6 Å². The van der Waals surface area contributed by atoms with Crippen LogP contribution in [0.15, 0.2) is 31.0 Å². The predicted octanol–water partition coefficient (Wildman–Crippen LogP) is 2.83. The number of halogens is 1. The van der Waals surface area contributed by atoms with E-state index in [-0.39, 0.29) is 0 Å². The van der Waals surface area contributed by atoms with Crippen LogP contribution in [0.25, 0.3) is 0 Å². The Morgan fingerprint density at radius 1 is 1.62 bits per heavy atom. The summed E-state index contributed by atoms with van der Waals surface area (Å²) in [4.78, 5) is 4.10. The molecule has 13 heavy (non-hydrogen) atoms. The summed E-state index contributed by atoms with van der Waals surface area (Å²) in [6, 6.07) is 3.55. The minimum atomic E-state index is 0.508. The van der Waals surface area contributed by atoms with E-state index in [0.717, 1.165) is 12.1 Å². The molecule has 0 fully saturated rings. The monoisotopic (exact) mass is 197 g/mol. The van der Waals surface area contributed by atoms with Gasteiger partial charge in [-0.1, -0.05) is 17.7 Å². The third kappa shape index (κ3) is 4.06. The highest BCUT2D eigenvalue weighted by molar-refractivity contribution is 6.30. The quantitative estimate of drug-likeness (QED) is 0.535. The average molecular weight is 198 g/mol. The van der Waals surface area contributed by atoms with Crippen molar-refractivity contribution in [2.75, 3.05) is 6.61 Å². The van der Waals surface area contributed by atoms with Gasteiger partial charge in [0.25, 0.3) is 0 Å². The van der Waals surface area contributed by atoms with Gasteiger partial charge < -0.3 is 4.74 Å². The number of nitrogens with zero attached hydrogens (tertiary/aromatic N) is 1. The molecule has 0 unspecified atom stereocenters. The van der Waals surface area contributed by atoms with Crippen molar-refractivity contribution in [2.24, 2.45) is 0 Å². The van der Waals surface area contributed by atoms with E-state index >= 15 is 0 Å². The second-order valence-electron chi connectivity index (χ2n) is 2.60. The van der Waals surface area contributed by atoms with Crippen LogP contribution in [0, 0.1) is 0 Å². The first-order valence-corrected chi connectivity index (χ1v) is 4.50. The molecule has 0 N–H and O–H groups in total. The molecule has 0 atom stereocenters. The summed E-state index contributed by atoms with van der Waals surface area (Å²) in [5.41, 5.74) is 0.858. The molecule has 0 bridgehead atoms. The third-order valence-electron chi connectivity index (χ3n) is 1.49. The van der Waals surface area contributed by atoms with Gasteiger partial charge in [0.05, 0.1) is 18.9 Å². The molecular weight excluding hydrogens is 186 g/mol. The molecule has 0 spiro atoms. The van der Waals surface area contributed by atoms with Gasteiger partial charge in [-0.2, -0.15) is 0 Å². The normalized spacial score (nSPS) is 9.92.